The van der Waals surface area contributed by atoms with E-state index in [1.807, 2.05) is 12.1 Å². The number of likely N-dealkylation sites (tertiary alicyclic amines) is 1. The van der Waals surface area contributed by atoms with E-state index in [0.29, 0.717) is 5.91 Å². The lowest BCUT2D eigenvalue weighted by Gasteiger charge is -2.21. The average Bonchev–Trinajstić information content (AvgIpc) is 3.38. The predicted octanol–water partition coefficient (Wildman–Crippen LogP) is 5.27. The molecule has 4 heteroatoms. The van der Waals surface area contributed by atoms with Crippen molar-refractivity contribution >= 4 is 16.9 Å². The van der Waals surface area contributed by atoms with Crippen LogP contribution in [-0.2, 0) is 4.79 Å². The Morgan fingerprint density at radius 2 is 1.97 bits per heavy atom. The molecule has 0 spiro atoms. The van der Waals surface area contributed by atoms with Gasteiger partial charge in [0, 0.05) is 24.9 Å². The molecule has 1 aromatic carbocycles. The van der Waals surface area contributed by atoms with Crippen LogP contribution in [0.15, 0.2) is 59.7 Å². The number of benzene rings is 1. The molecule has 5 rings (SSSR count). The van der Waals surface area contributed by atoms with Crippen LogP contribution in [0.2, 0.25) is 0 Å². The second-order valence-electron chi connectivity index (χ2n) is 8.61. The number of aromatic amines is 1. The molecule has 1 N–H and O–H groups in total. The molecule has 1 aliphatic heterocycles. The second kappa shape index (κ2) is 8.02. The van der Waals surface area contributed by atoms with E-state index in [9.17, 15) is 4.79 Å². The van der Waals surface area contributed by atoms with Crippen LogP contribution in [0.5, 0.6) is 0 Å². The van der Waals surface area contributed by atoms with E-state index < -0.39 is 0 Å². The van der Waals surface area contributed by atoms with Gasteiger partial charge in [0.1, 0.15) is 5.82 Å². The summed E-state index contributed by atoms with van der Waals surface area (Å²) < 4.78 is 0. The molecule has 1 amide bonds. The van der Waals surface area contributed by atoms with Crippen LogP contribution in [0.1, 0.15) is 56.7 Å². The fraction of sp³-hybridized carbons (Fsp3) is 0.440. The lowest BCUT2D eigenvalue weighted by molar-refractivity contribution is -0.134. The van der Waals surface area contributed by atoms with Crippen molar-refractivity contribution in [3.05, 3.63) is 65.5 Å². The number of imidazole rings is 1. The Morgan fingerprint density at radius 3 is 2.83 bits per heavy atom. The normalized spacial score (nSPS) is 25.0. The van der Waals surface area contributed by atoms with Crippen LogP contribution < -0.4 is 0 Å². The second-order valence-corrected chi connectivity index (χ2v) is 8.61. The smallest absolute Gasteiger partial charge is 0.225 e. The molecular weight excluding hydrogens is 358 g/mol. The molecule has 2 heterocycles. The van der Waals surface area contributed by atoms with Gasteiger partial charge < -0.3 is 9.88 Å². The number of carbonyl (C=O) groups excluding carboxylic acids is 1. The summed E-state index contributed by atoms with van der Waals surface area (Å²) in [5.41, 5.74) is 4.98. The standard InChI is InChI=1S/C25H29N3O/c29-25(28-15-3-4-16-28)19-8-5-7-18(13-14-19)20-9-6-10-21(17-20)24-26-22-11-1-2-12-23(22)27-24/h1-2,6,9-13,19,21H,3-5,7-8,14-17H2,(H,26,27). The number of aromatic nitrogens is 2. The van der Waals surface area contributed by atoms with Crippen molar-refractivity contribution in [1.82, 2.24) is 14.9 Å². The Morgan fingerprint density at radius 1 is 1.10 bits per heavy atom. The van der Waals surface area contributed by atoms with Crippen molar-refractivity contribution in [3.63, 3.8) is 0 Å². The summed E-state index contributed by atoms with van der Waals surface area (Å²) in [7, 11) is 0. The zero-order chi connectivity index (χ0) is 19.6. The number of nitrogens with zero attached hydrogens (tertiary/aromatic N) is 2. The van der Waals surface area contributed by atoms with Crippen molar-refractivity contribution in [1.29, 1.82) is 0 Å². The highest BCUT2D eigenvalue weighted by molar-refractivity contribution is 5.79. The van der Waals surface area contributed by atoms with E-state index in [2.05, 4.69) is 46.3 Å². The number of amides is 1. The first-order valence-electron chi connectivity index (χ1n) is 11.1. The molecule has 1 fully saturated rings. The molecule has 0 saturated carbocycles. The Balaban J connectivity index is 1.29. The van der Waals surface area contributed by atoms with Crippen molar-refractivity contribution in [3.8, 4) is 0 Å². The first-order valence-corrected chi connectivity index (χ1v) is 11.1. The summed E-state index contributed by atoms with van der Waals surface area (Å²) in [4.78, 5) is 23.2. The number of allylic oxidation sites excluding steroid dienone is 6. The van der Waals surface area contributed by atoms with Gasteiger partial charge in [-0.05, 0) is 68.2 Å². The minimum Gasteiger partial charge on any atom is -0.342 e. The number of fused-ring (bicyclic) bond motifs is 1. The summed E-state index contributed by atoms with van der Waals surface area (Å²) in [6.07, 6.45) is 16.4. The summed E-state index contributed by atoms with van der Waals surface area (Å²) in [6.45, 7) is 1.92. The Hall–Kier alpha value is -2.62. The third-order valence-corrected chi connectivity index (χ3v) is 6.67. The van der Waals surface area contributed by atoms with Gasteiger partial charge in [0.2, 0.25) is 5.91 Å². The van der Waals surface area contributed by atoms with E-state index in [4.69, 9.17) is 4.98 Å². The van der Waals surface area contributed by atoms with Crippen LogP contribution in [0.25, 0.3) is 11.0 Å². The third-order valence-electron chi connectivity index (χ3n) is 6.67. The summed E-state index contributed by atoms with van der Waals surface area (Å²) >= 11 is 0. The summed E-state index contributed by atoms with van der Waals surface area (Å²) in [6, 6.07) is 8.22. The molecular formula is C25H29N3O. The van der Waals surface area contributed by atoms with E-state index in [1.54, 1.807) is 0 Å². The molecule has 2 unspecified atom stereocenters. The first-order chi connectivity index (χ1) is 14.3. The highest BCUT2D eigenvalue weighted by Gasteiger charge is 2.27. The maximum atomic E-state index is 12.8. The Bertz CT molecular complexity index is 957. The molecule has 1 saturated heterocycles. The summed E-state index contributed by atoms with van der Waals surface area (Å²) in [5.74, 6) is 1.90. The Labute approximate surface area is 172 Å². The maximum absolute atomic E-state index is 12.8. The van der Waals surface area contributed by atoms with Gasteiger partial charge in [-0.25, -0.2) is 4.98 Å². The van der Waals surface area contributed by atoms with Gasteiger partial charge in [-0.3, -0.25) is 4.79 Å². The van der Waals surface area contributed by atoms with Crippen molar-refractivity contribution in [2.45, 2.75) is 50.9 Å². The summed E-state index contributed by atoms with van der Waals surface area (Å²) in [5, 5.41) is 0. The lowest BCUT2D eigenvalue weighted by atomic mass is 9.87. The van der Waals surface area contributed by atoms with E-state index in [1.165, 1.54) is 24.0 Å². The van der Waals surface area contributed by atoms with Gasteiger partial charge in [0.15, 0.2) is 0 Å². The molecule has 0 bridgehead atoms. The molecule has 3 aliphatic rings. The predicted molar refractivity (Wildman–Crippen MR) is 117 cm³/mol. The molecule has 2 aliphatic carbocycles. The van der Waals surface area contributed by atoms with Gasteiger partial charge in [0.25, 0.3) is 0 Å². The van der Waals surface area contributed by atoms with E-state index in [-0.39, 0.29) is 11.8 Å². The molecule has 2 atom stereocenters. The number of para-hydroxylation sites is 2. The first kappa shape index (κ1) is 18.4. The van der Waals surface area contributed by atoms with E-state index >= 15 is 0 Å². The quantitative estimate of drug-likeness (QED) is 0.780. The number of hydrogen-bond donors (Lipinski definition) is 1. The van der Waals surface area contributed by atoms with Crippen molar-refractivity contribution in [2.24, 2.45) is 5.92 Å². The van der Waals surface area contributed by atoms with E-state index in [0.717, 1.165) is 62.1 Å². The maximum Gasteiger partial charge on any atom is 0.225 e. The van der Waals surface area contributed by atoms with Crippen LogP contribution in [0.4, 0.5) is 0 Å². The minimum absolute atomic E-state index is 0.177. The number of carbonyl (C=O) groups is 1. The number of hydrogen-bond acceptors (Lipinski definition) is 2. The largest absolute Gasteiger partial charge is 0.342 e. The van der Waals surface area contributed by atoms with Crippen LogP contribution in [-0.4, -0.2) is 33.9 Å². The topological polar surface area (TPSA) is 49.0 Å². The molecule has 29 heavy (non-hydrogen) atoms. The average molecular weight is 388 g/mol. The van der Waals surface area contributed by atoms with Gasteiger partial charge in [-0.15, -0.1) is 0 Å². The van der Waals surface area contributed by atoms with Crippen LogP contribution in [0.3, 0.4) is 0 Å². The highest BCUT2D eigenvalue weighted by Crippen LogP contribution is 2.36. The number of H-pyrrole nitrogens is 1. The van der Waals surface area contributed by atoms with Crippen molar-refractivity contribution in [2.75, 3.05) is 13.1 Å². The highest BCUT2D eigenvalue weighted by atomic mass is 16.2. The number of rotatable bonds is 3. The number of nitrogens with one attached hydrogen (secondary N) is 1. The molecule has 150 valence electrons. The zero-order valence-electron chi connectivity index (χ0n) is 16.9. The lowest BCUT2D eigenvalue weighted by Crippen LogP contribution is -2.33. The molecule has 4 nitrogen and oxygen atoms in total. The SMILES string of the molecule is O=C(C1CC=C(C2=CC=CC(c3nc4ccccc4[nH]3)C2)CCC1)N1CCCC1. The minimum atomic E-state index is 0.177. The van der Waals surface area contributed by atoms with Crippen LogP contribution >= 0.6 is 0 Å². The fourth-order valence-electron chi connectivity index (χ4n) is 5.01. The van der Waals surface area contributed by atoms with Crippen LogP contribution in [0, 0.1) is 5.92 Å². The molecule has 0 radical (unpaired) electrons. The third kappa shape index (κ3) is 3.81. The molecule has 1 aromatic heterocycles. The fourth-order valence-corrected chi connectivity index (χ4v) is 5.01. The van der Waals surface area contributed by atoms with Gasteiger partial charge >= 0.3 is 0 Å². The molecule has 2 aromatic rings. The van der Waals surface area contributed by atoms with Crippen molar-refractivity contribution < 1.29 is 4.79 Å². The Kier molecular flexibility index (Phi) is 5.09. The van der Waals surface area contributed by atoms with Gasteiger partial charge in [0.05, 0.1) is 11.0 Å². The zero-order valence-corrected chi connectivity index (χ0v) is 16.9. The van der Waals surface area contributed by atoms with Gasteiger partial charge in [-0.1, -0.05) is 36.4 Å². The van der Waals surface area contributed by atoms with Gasteiger partial charge in [-0.2, -0.15) is 0 Å². The monoisotopic (exact) mass is 387 g/mol.